The standard InChI is InChI=1S/C15H23N5.ClH/c1-4-20-9-16-14(17-11-7-5-6-8-11)12-15(20)19-13(18-12)10(2)3;/h9-11,17H,4-8H2,1-3H3;1H. The molecule has 2 heterocycles. The number of hydrogen-bond acceptors (Lipinski definition) is 4. The molecule has 0 aromatic rings. The van der Waals surface area contributed by atoms with Gasteiger partial charge in [0.2, 0.25) is 0 Å². The zero-order chi connectivity index (χ0) is 14.1. The summed E-state index contributed by atoms with van der Waals surface area (Å²) in [5.41, 5.74) is 0.921. The Balaban J connectivity index is 0.00000161. The number of imidazole rings is 1. The first-order valence-corrected chi connectivity index (χ1v) is 7.68. The van der Waals surface area contributed by atoms with Crippen molar-refractivity contribution in [1.82, 2.24) is 19.5 Å². The number of nitrogens with zero attached hydrogens (tertiary/aromatic N) is 4. The maximum Gasteiger partial charge on any atom is 0.165 e. The lowest BCUT2D eigenvalue weighted by Crippen LogP contribution is -2.18. The van der Waals surface area contributed by atoms with Crippen LogP contribution in [0.2, 0.25) is 0 Å². The molecule has 0 atom stereocenters. The molecule has 1 N–H and O–H groups in total. The monoisotopic (exact) mass is 309 g/mol. The molecule has 3 rings (SSSR count). The normalized spacial score (nSPS) is 15.6. The first-order valence-electron chi connectivity index (χ1n) is 7.68. The van der Waals surface area contributed by atoms with Crippen LogP contribution in [0.1, 0.15) is 58.2 Å². The van der Waals surface area contributed by atoms with Crippen LogP contribution in [-0.4, -0.2) is 25.6 Å². The number of nitrogens with one attached hydrogen (secondary N) is 1. The lowest BCUT2D eigenvalue weighted by molar-refractivity contribution is 0.715. The van der Waals surface area contributed by atoms with Crippen LogP contribution < -0.4 is 5.32 Å². The molecule has 1 aliphatic carbocycles. The van der Waals surface area contributed by atoms with Crippen LogP contribution in [0.3, 0.4) is 0 Å². The molecule has 0 bridgehead atoms. The SMILES string of the molecule is CCn1cnc(NC2CCCC2)c2nc(C(C)C)nc1-2.Cl. The van der Waals surface area contributed by atoms with Crippen molar-refractivity contribution in [2.75, 3.05) is 5.32 Å². The second-order valence-electron chi connectivity index (χ2n) is 5.91. The van der Waals surface area contributed by atoms with E-state index in [0.717, 1.165) is 29.7 Å². The number of fused-ring (bicyclic) bond motifs is 1. The molecular formula is C15H24ClN5. The predicted octanol–water partition coefficient (Wildman–Crippen LogP) is 3.70. The van der Waals surface area contributed by atoms with Crippen LogP contribution in [0, 0.1) is 0 Å². The van der Waals surface area contributed by atoms with Crippen LogP contribution in [0.25, 0.3) is 11.5 Å². The third-order valence-electron chi connectivity index (χ3n) is 4.03. The summed E-state index contributed by atoms with van der Waals surface area (Å²) >= 11 is 0. The quantitative estimate of drug-likeness (QED) is 0.935. The number of aromatic nitrogens is 4. The van der Waals surface area contributed by atoms with Crippen LogP contribution in [0.5, 0.6) is 0 Å². The number of anilines is 1. The minimum absolute atomic E-state index is 0. The van der Waals surface area contributed by atoms with Crippen molar-refractivity contribution in [3.63, 3.8) is 0 Å². The summed E-state index contributed by atoms with van der Waals surface area (Å²) in [5.74, 6) is 3.10. The van der Waals surface area contributed by atoms with E-state index in [1.54, 1.807) is 0 Å². The fourth-order valence-electron chi connectivity index (χ4n) is 2.81. The van der Waals surface area contributed by atoms with Crippen molar-refractivity contribution in [1.29, 1.82) is 0 Å². The Kier molecular flexibility index (Phi) is 5.04. The molecular weight excluding hydrogens is 286 g/mol. The van der Waals surface area contributed by atoms with E-state index >= 15 is 0 Å². The summed E-state index contributed by atoms with van der Waals surface area (Å²) < 4.78 is 2.06. The van der Waals surface area contributed by atoms with Gasteiger partial charge in [-0.1, -0.05) is 26.7 Å². The van der Waals surface area contributed by atoms with Crippen LogP contribution in [0.15, 0.2) is 6.33 Å². The van der Waals surface area contributed by atoms with E-state index in [-0.39, 0.29) is 12.4 Å². The molecule has 2 aliphatic heterocycles. The van der Waals surface area contributed by atoms with E-state index < -0.39 is 0 Å². The van der Waals surface area contributed by atoms with E-state index in [0.29, 0.717) is 12.0 Å². The second kappa shape index (κ2) is 6.60. The molecule has 0 radical (unpaired) electrons. The van der Waals surface area contributed by atoms with Gasteiger partial charge in [0.1, 0.15) is 5.82 Å². The fourth-order valence-corrected chi connectivity index (χ4v) is 2.81. The summed E-state index contributed by atoms with van der Waals surface area (Å²) in [5, 5.41) is 3.56. The molecule has 1 fully saturated rings. The van der Waals surface area contributed by atoms with Gasteiger partial charge in [-0.2, -0.15) is 0 Å². The Morgan fingerprint density at radius 2 is 2.00 bits per heavy atom. The molecule has 0 aromatic carbocycles. The second-order valence-corrected chi connectivity index (χ2v) is 5.91. The Morgan fingerprint density at radius 1 is 1.29 bits per heavy atom. The molecule has 21 heavy (non-hydrogen) atoms. The Hall–Kier alpha value is -1.36. The molecule has 0 unspecified atom stereocenters. The van der Waals surface area contributed by atoms with Gasteiger partial charge in [0.05, 0.1) is 6.33 Å². The molecule has 116 valence electrons. The summed E-state index contributed by atoms with van der Waals surface area (Å²) in [6.07, 6.45) is 6.96. The molecule has 0 amide bonds. The molecule has 0 spiro atoms. The third-order valence-corrected chi connectivity index (χ3v) is 4.03. The zero-order valence-electron chi connectivity index (χ0n) is 13.0. The summed E-state index contributed by atoms with van der Waals surface area (Å²) in [7, 11) is 0. The lowest BCUT2D eigenvalue weighted by Gasteiger charge is -2.16. The number of aryl methyl sites for hydroxylation is 1. The first kappa shape index (κ1) is 16.0. The smallest absolute Gasteiger partial charge is 0.165 e. The average molecular weight is 310 g/mol. The predicted molar refractivity (Wildman–Crippen MR) is 87.3 cm³/mol. The Bertz CT molecular complexity index is 560. The van der Waals surface area contributed by atoms with Crippen molar-refractivity contribution >= 4 is 18.2 Å². The third kappa shape index (κ3) is 3.12. The summed E-state index contributed by atoms with van der Waals surface area (Å²) in [6.45, 7) is 7.22. The van der Waals surface area contributed by atoms with Crippen molar-refractivity contribution in [3.05, 3.63) is 12.2 Å². The van der Waals surface area contributed by atoms with Gasteiger partial charge in [0, 0.05) is 18.5 Å². The topological polar surface area (TPSA) is 55.6 Å². The zero-order valence-corrected chi connectivity index (χ0v) is 13.8. The van der Waals surface area contributed by atoms with E-state index in [1.165, 1.54) is 25.7 Å². The number of halogens is 1. The van der Waals surface area contributed by atoms with E-state index in [9.17, 15) is 0 Å². The highest BCUT2D eigenvalue weighted by Crippen LogP contribution is 2.30. The van der Waals surface area contributed by atoms with Gasteiger partial charge in [0.15, 0.2) is 17.3 Å². The number of rotatable bonds is 4. The van der Waals surface area contributed by atoms with E-state index in [1.807, 2.05) is 6.33 Å². The van der Waals surface area contributed by atoms with Crippen molar-refractivity contribution in [2.45, 2.75) is 65.0 Å². The van der Waals surface area contributed by atoms with Gasteiger partial charge in [0.25, 0.3) is 0 Å². The van der Waals surface area contributed by atoms with Crippen LogP contribution in [-0.2, 0) is 6.54 Å². The maximum absolute atomic E-state index is 4.71. The maximum atomic E-state index is 4.71. The Labute approximate surface area is 132 Å². The van der Waals surface area contributed by atoms with Crippen molar-refractivity contribution in [3.8, 4) is 11.5 Å². The van der Waals surface area contributed by atoms with Crippen molar-refractivity contribution in [2.24, 2.45) is 0 Å². The molecule has 5 nitrogen and oxygen atoms in total. The summed E-state index contributed by atoms with van der Waals surface area (Å²) in [4.78, 5) is 14.0. The van der Waals surface area contributed by atoms with Gasteiger partial charge < -0.3 is 9.88 Å². The molecule has 6 heteroatoms. The van der Waals surface area contributed by atoms with Gasteiger partial charge in [-0.3, -0.25) is 0 Å². The molecule has 0 saturated heterocycles. The first-order chi connectivity index (χ1) is 9.69. The van der Waals surface area contributed by atoms with Gasteiger partial charge in [-0.05, 0) is 19.8 Å². The van der Waals surface area contributed by atoms with Crippen LogP contribution >= 0.6 is 12.4 Å². The highest BCUT2D eigenvalue weighted by Gasteiger charge is 2.23. The molecule has 3 aliphatic rings. The minimum Gasteiger partial charge on any atom is -0.365 e. The van der Waals surface area contributed by atoms with Gasteiger partial charge in [-0.15, -0.1) is 12.4 Å². The number of hydrogen-bond donors (Lipinski definition) is 1. The van der Waals surface area contributed by atoms with Gasteiger partial charge >= 0.3 is 0 Å². The lowest BCUT2D eigenvalue weighted by atomic mass is 10.2. The highest BCUT2D eigenvalue weighted by atomic mass is 35.5. The average Bonchev–Trinajstić information content (AvgIpc) is 3.07. The van der Waals surface area contributed by atoms with Crippen molar-refractivity contribution < 1.29 is 0 Å². The van der Waals surface area contributed by atoms with E-state index in [2.05, 4.69) is 35.6 Å². The van der Waals surface area contributed by atoms with E-state index in [4.69, 9.17) is 9.97 Å². The van der Waals surface area contributed by atoms with Crippen LogP contribution in [0.4, 0.5) is 5.82 Å². The fraction of sp³-hybridized carbons (Fsp3) is 0.667. The largest absolute Gasteiger partial charge is 0.365 e. The van der Waals surface area contributed by atoms with Gasteiger partial charge in [-0.25, -0.2) is 15.0 Å². The summed E-state index contributed by atoms with van der Waals surface area (Å²) in [6, 6.07) is 0.544. The molecule has 1 saturated carbocycles. The highest BCUT2D eigenvalue weighted by molar-refractivity contribution is 5.85. The Morgan fingerprint density at radius 3 is 2.62 bits per heavy atom. The molecule has 0 aromatic heterocycles. The minimum atomic E-state index is 0.